The molecule has 3 aromatic rings. The Hall–Kier alpha value is -3.06. The first kappa shape index (κ1) is 20.7. The molecule has 1 unspecified atom stereocenters. The van der Waals surface area contributed by atoms with Crippen LogP contribution in [-0.4, -0.2) is 18.4 Å². The van der Waals surface area contributed by atoms with Crippen LogP contribution in [0.5, 0.6) is 5.75 Å². The fourth-order valence-electron chi connectivity index (χ4n) is 2.77. The molecule has 1 heterocycles. The van der Waals surface area contributed by atoms with Gasteiger partial charge in [0.1, 0.15) is 5.75 Å². The molecule has 0 spiro atoms. The van der Waals surface area contributed by atoms with Crippen LogP contribution in [0.25, 0.3) is 0 Å². The highest BCUT2D eigenvalue weighted by atomic mass is 79.9. The molecule has 150 valence electrons. The number of anilines is 1. The summed E-state index contributed by atoms with van der Waals surface area (Å²) in [6, 6.07) is 17.8. The molecule has 0 bridgehead atoms. The van der Waals surface area contributed by atoms with Crippen molar-refractivity contribution in [3.8, 4) is 5.75 Å². The molecule has 2 N–H and O–H groups in total. The van der Waals surface area contributed by atoms with E-state index >= 15 is 0 Å². The molecule has 2 amide bonds. The number of rotatable bonds is 8. The van der Waals surface area contributed by atoms with E-state index in [1.54, 1.807) is 36.4 Å². The standard InChI is InChI=1S/C22H21BrN2O4/c1-2-19(15-8-10-16(23)11-9-15)25-21(26)14-29-18-6-3-5-17(13-18)24-22(27)20-7-4-12-28-20/h3-13,19H,2,14H2,1H3,(H,24,27)(H,25,26). The fraction of sp³-hybridized carbons (Fsp3) is 0.182. The average molecular weight is 457 g/mol. The first-order valence-corrected chi connectivity index (χ1v) is 9.97. The first-order valence-electron chi connectivity index (χ1n) is 9.17. The van der Waals surface area contributed by atoms with Crippen molar-refractivity contribution in [1.29, 1.82) is 0 Å². The quantitative estimate of drug-likeness (QED) is 0.502. The average Bonchev–Trinajstić information content (AvgIpc) is 3.27. The number of carbonyl (C=O) groups is 2. The van der Waals surface area contributed by atoms with E-state index in [2.05, 4.69) is 26.6 Å². The predicted molar refractivity (Wildman–Crippen MR) is 114 cm³/mol. The molecule has 6 nitrogen and oxygen atoms in total. The van der Waals surface area contributed by atoms with Gasteiger partial charge in [0.2, 0.25) is 0 Å². The highest BCUT2D eigenvalue weighted by molar-refractivity contribution is 9.10. The maximum absolute atomic E-state index is 12.3. The Labute approximate surface area is 177 Å². The number of hydrogen-bond donors (Lipinski definition) is 2. The van der Waals surface area contributed by atoms with Crippen molar-refractivity contribution >= 4 is 33.4 Å². The van der Waals surface area contributed by atoms with Gasteiger partial charge in [-0.1, -0.05) is 41.1 Å². The van der Waals surface area contributed by atoms with E-state index in [1.165, 1.54) is 6.26 Å². The van der Waals surface area contributed by atoms with Crippen molar-refractivity contribution in [3.63, 3.8) is 0 Å². The summed E-state index contributed by atoms with van der Waals surface area (Å²) in [7, 11) is 0. The Morgan fingerprint density at radius 2 is 1.90 bits per heavy atom. The number of benzene rings is 2. The molecular weight excluding hydrogens is 436 g/mol. The van der Waals surface area contributed by atoms with Gasteiger partial charge in [0.05, 0.1) is 12.3 Å². The molecule has 0 saturated heterocycles. The van der Waals surface area contributed by atoms with Gasteiger partial charge in [-0.25, -0.2) is 0 Å². The Kier molecular flexibility index (Phi) is 7.08. The number of nitrogens with one attached hydrogen (secondary N) is 2. The molecule has 1 aromatic heterocycles. The zero-order chi connectivity index (χ0) is 20.6. The van der Waals surface area contributed by atoms with Crippen LogP contribution >= 0.6 is 15.9 Å². The molecular formula is C22H21BrN2O4. The summed E-state index contributed by atoms with van der Waals surface area (Å²) in [6.07, 6.45) is 2.20. The van der Waals surface area contributed by atoms with E-state index in [1.807, 2.05) is 31.2 Å². The lowest BCUT2D eigenvalue weighted by molar-refractivity contribution is -0.123. The third-order valence-electron chi connectivity index (χ3n) is 4.22. The normalized spacial score (nSPS) is 11.5. The summed E-state index contributed by atoms with van der Waals surface area (Å²) >= 11 is 3.41. The molecule has 0 fully saturated rings. The van der Waals surface area contributed by atoms with Crippen LogP contribution in [0.1, 0.15) is 35.5 Å². The van der Waals surface area contributed by atoms with E-state index in [9.17, 15) is 9.59 Å². The number of amides is 2. The van der Waals surface area contributed by atoms with Crippen molar-refractivity contribution in [2.75, 3.05) is 11.9 Å². The van der Waals surface area contributed by atoms with Gasteiger partial charge in [0, 0.05) is 16.2 Å². The topological polar surface area (TPSA) is 80.6 Å². The lowest BCUT2D eigenvalue weighted by Crippen LogP contribution is -2.32. The summed E-state index contributed by atoms with van der Waals surface area (Å²) in [5.41, 5.74) is 1.58. The van der Waals surface area contributed by atoms with Crippen molar-refractivity contribution in [2.45, 2.75) is 19.4 Å². The second-order valence-corrected chi connectivity index (χ2v) is 7.24. The maximum Gasteiger partial charge on any atom is 0.291 e. The van der Waals surface area contributed by atoms with E-state index < -0.39 is 0 Å². The van der Waals surface area contributed by atoms with Gasteiger partial charge in [0.15, 0.2) is 12.4 Å². The molecule has 29 heavy (non-hydrogen) atoms. The number of halogens is 1. The molecule has 0 radical (unpaired) electrons. The van der Waals surface area contributed by atoms with Gasteiger partial charge in [-0.2, -0.15) is 0 Å². The minimum atomic E-state index is -0.356. The zero-order valence-corrected chi connectivity index (χ0v) is 17.4. The summed E-state index contributed by atoms with van der Waals surface area (Å²) in [6.45, 7) is 1.89. The number of hydrogen-bond acceptors (Lipinski definition) is 4. The molecule has 3 rings (SSSR count). The summed E-state index contributed by atoms with van der Waals surface area (Å²) in [5.74, 6) is 0.123. The molecule has 0 aliphatic rings. The largest absolute Gasteiger partial charge is 0.484 e. The summed E-state index contributed by atoms with van der Waals surface area (Å²) in [4.78, 5) is 24.4. The van der Waals surface area contributed by atoms with Gasteiger partial charge in [-0.05, 0) is 48.4 Å². The third-order valence-corrected chi connectivity index (χ3v) is 4.75. The Bertz CT molecular complexity index is 955. The van der Waals surface area contributed by atoms with Crippen LogP contribution in [0.3, 0.4) is 0 Å². The Morgan fingerprint density at radius 1 is 1.10 bits per heavy atom. The van der Waals surface area contributed by atoms with E-state index in [0.29, 0.717) is 11.4 Å². The molecule has 0 saturated carbocycles. The fourth-order valence-corrected chi connectivity index (χ4v) is 3.03. The molecule has 1 atom stereocenters. The van der Waals surface area contributed by atoms with Gasteiger partial charge in [-0.3, -0.25) is 9.59 Å². The minimum absolute atomic E-state index is 0.0851. The van der Waals surface area contributed by atoms with Gasteiger partial charge < -0.3 is 19.8 Å². The van der Waals surface area contributed by atoms with Crippen LogP contribution < -0.4 is 15.4 Å². The second kappa shape index (κ2) is 9.93. The zero-order valence-electron chi connectivity index (χ0n) is 15.9. The summed E-state index contributed by atoms with van der Waals surface area (Å²) in [5, 5.41) is 5.70. The molecule has 2 aromatic carbocycles. The number of furan rings is 1. The Balaban J connectivity index is 1.54. The van der Waals surface area contributed by atoms with E-state index in [-0.39, 0.29) is 30.2 Å². The maximum atomic E-state index is 12.3. The predicted octanol–water partition coefficient (Wildman–Crippen LogP) is 4.94. The van der Waals surface area contributed by atoms with E-state index in [0.717, 1.165) is 16.5 Å². The van der Waals surface area contributed by atoms with Gasteiger partial charge in [0.25, 0.3) is 11.8 Å². The SMILES string of the molecule is CCC(NC(=O)COc1cccc(NC(=O)c2ccco2)c1)c1ccc(Br)cc1. The monoisotopic (exact) mass is 456 g/mol. The van der Waals surface area contributed by atoms with Crippen LogP contribution in [0.4, 0.5) is 5.69 Å². The highest BCUT2D eigenvalue weighted by Crippen LogP contribution is 2.20. The second-order valence-electron chi connectivity index (χ2n) is 6.33. The molecule has 7 heteroatoms. The van der Waals surface area contributed by atoms with Crippen molar-refractivity contribution in [2.24, 2.45) is 0 Å². The number of carbonyl (C=O) groups excluding carboxylic acids is 2. The van der Waals surface area contributed by atoms with Crippen LogP contribution in [0.15, 0.2) is 75.8 Å². The highest BCUT2D eigenvalue weighted by Gasteiger charge is 2.14. The lowest BCUT2D eigenvalue weighted by Gasteiger charge is -2.18. The molecule has 0 aliphatic heterocycles. The van der Waals surface area contributed by atoms with Crippen LogP contribution in [0, 0.1) is 0 Å². The van der Waals surface area contributed by atoms with Crippen molar-refractivity contribution in [3.05, 3.63) is 82.7 Å². The number of ether oxygens (including phenoxy) is 1. The first-order chi connectivity index (χ1) is 14.0. The summed E-state index contributed by atoms with van der Waals surface area (Å²) < 4.78 is 11.6. The third kappa shape index (κ3) is 5.96. The minimum Gasteiger partial charge on any atom is -0.484 e. The van der Waals surface area contributed by atoms with Gasteiger partial charge in [-0.15, -0.1) is 0 Å². The lowest BCUT2D eigenvalue weighted by atomic mass is 10.0. The van der Waals surface area contributed by atoms with E-state index in [4.69, 9.17) is 9.15 Å². The van der Waals surface area contributed by atoms with Crippen molar-refractivity contribution in [1.82, 2.24) is 5.32 Å². The van der Waals surface area contributed by atoms with Crippen molar-refractivity contribution < 1.29 is 18.7 Å². The van der Waals surface area contributed by atoms with Crippen LogP contribution in [-0.2, 0) is 4.79 Å². The Morgan fingerprint density at radius 3 is 2.59 bits per heavy atom. The van der Waals surface area contributed by atoms with Gasteiger partial charge >= 0.3 is 0 Å². The molecule has 0 aliphatic carbocycles. The smallest absolute Gasteiger partial charge is 0.291 e. The van der Waals surface area contributed by atoms with Crippen LogP contribution in [0.2, 0.25) is 0 Å².